The van der Waals surface area contributed by atoms with Crippen molar-refractivity contribution >= 4 is 22.8 Å². The molecule has 1 aromatic heterocycles. The summed E-state index contributed by atoms with van der Waals surface area (Å²) in [6, 6.07) is 17.2. The summed E-state index contributed by atoms with van der Waals surface area (Å²) in [5.41, 5.74) is 2.77. The first-order valence-corrected chi connectivity index (χ1v) is 11.9. The molecule has 7 heteroatoms. The highest BCUT2D eigenvalue weighted by Gasteiger charge is 2.28. The van der Waals surface area contributed by atoms with Gasteiger partial charge in [-0.15, -0.1) is 0 Å². The number of carbonyl (C=O) groups excluding carboxylic acids is 1. The van der Waals surface area contributed by atoms with Gasteiger partial charge < -0.3 is 15.0 Å². The van der Waals surface area contributed by atoms with Crippen LogP contribution in [0.15, 0.2) is 48.5 Å². The molecule has 0 saturated carbocycles. The van der Waals surface area contributed by atoms with Gasteiger partial charge in [0.15, 0.2) is 11.7 Å². The highest BCUT2D eigenvalue weighted by Crippen LogP contribution is 2.28. The van der Waals surface area contributed by atoms with Crippen LogP contribution >= 0.6 is 0 Å². The van der Waals surface area contributed by atoms with Crippen LogP contribution in [0.4, 0.5) is 5.82 Å². The summed E-state index contributed by atoms with van der Waals surface area (Å²) in [5, 5.41) is 12.9. The quantitative estimate of drug-likeness (QED) is 0.411. The number of carbonyl (C=O) groups is 1. The van der Waals surface area contributed by atoms with Gasteiger partial charge in [0.25, 0.3) is 0 Å². The van der Waals surface area contributed by atoms with Crippen molar-refractivity contribution in [3.05, 3.63) is 59.8 Å². The number of anilines is 1. The van der Waals surface area contributed by atoms with Crippen molar-refractivity contribution in [3.63, 3.8) is 0 Å². The first-order chi connectivity index (χ1) is 16.6. The Morgan fingerprint density at radius 1 is 1.03 bits per heavy atom. The fraction of sp³-hybridized carbons (Fsp3) is 0.407. The minimum absolute atomic E-state index is 0.312. The van der Waals surface area contributed by atoms with Gasteiger partial charge >= 0.3 is 0 Å². The monoisotopic (exact) mass is 459 g/mol. The Bertz CT molecular complexity index is 1120. The lowest BCUT2D eigenvalue weighted by Crippen LogP contribution is -2.33. The van der Waals surface area contributed by atoms with E-state index in [1.54, 1.807) is 7.11 Å². The molecule has 1 heterocycles. The number of nitrogens with zero attached hydrogens (tertiary/aromatic N) is 4. The first-order valence-electron chi connectivity index (χ1n) is 11.9. The molecule has 0 saturated heterocycles. The van der Waals surface area contributed by atoms with Gasteiger partial charge in [0.1, 0.15) is 11.4 Å². The van der Waals surface area contributed by atoms with Crippen LogP contribution < -0.4 is 15.0 Å². The van der Waals surface area contributed by atoms with Gasteiger partial charge in [0.2, 0.25) is 5.91 Å². The van der Waals surface area contributed by atoms with Crippen molar-refractivity contribution < 1.29 is 9.53 Å². The zero-order valence-electron chi connectivity index (χ0n) is 20.3. The number of hydrogen-bond acceptors (Lipinski definition) is 6. The summed E-state index contributed by atoms with van der Waals surface area (Å²) in [7, 11) is 1.61. The molecule has 0 aliphatic carbocycles. The second-order valence-electron chi connectivity index (χ2n) is 8.24. The van der Waals surface area contributed by atoms with Crippen LogP contribution in [0.3, 0.4) is 0 Å². The van der Waals surface area contributed by atoms with Crippen molar-refractivity contribution in [1.82, 2.24) is 15.3 Å². The maximum atomic E-state index is 13.2. The van der Waals surface area contributed by atoms with Gasteiger partial charge in [-0.25, -0.2) is 9.97 Å². The van der Waals surface area contributed by atoms with Gasteiger partial charge in [0.05, 0.1) is 24.2 Å². The number of nitrogens with one attached hydrogen (secondary N) is 1. The van der Waals surface area contributed by atoms with Crippen LogP contribution in [0.5, 0.6) is 5.75 Å². The minimum Gasteiger partial charge on any atom is -0.497 e. The molecular formula is C27H33N5O2. The molecule has 1 N–H and O–H groups in total. The molecule has 2 aromatic carbocycles. The standard InChI is InChI=1S/C27H33N5O2/c1-4-6-16-32(17-7-5-2)26-25(30-23-10-8-9-11-24(23)31-26)22(18-28)27(33)29-19-20-12-14-21(34-3)15-13-20/h8-15,22H,4-7,16-17,19H2,1-3H3,(H,29,33)/t22-/m0/s1. The highest BCUT2D eigenvalue weighted by atomic mass is 16.5. The lowest BCUT2D eigenvalue weighted by molar-refractivity contribution is -0.121. The van der Waals surface area contributed by atoms with Crippen LogP contribution in [0.1, 0.15) is 56.7 Å². The molecule has 0 fully saturated rings. The average Bonchev–Trinajstić information content (AvgIpc) is 2.88. The van der Waals surface area contributed by atoms with Gasteiger partial charge in [0, 0.05) is 19.6 Å². The molecule has 7 nitrogen and oxygen atoms in total. The van der Waals surface area contributed by atoms with Gasteiger partial charge in [-0.3, -0.25) is 4.79 Å². The predicted octanol–water partition coefficient (Wildman–Crippen LogP) is 4.97. The molecule has 1 amide bonds. The minimum atomic E-state index is -1.06. The van der Waals surface area contributed by atoms with E-state index >= 15 is 0 Å². The second-order valence-corrected chi connectivity index (χ2v) is 8.24. The van der Waals surface area contributed by atoms with E-state index in [0.717, 1.165) is 55.6 Å². The van der Waals surface area contributed by atoms with Gasteiger partial charge in [-0.05, 0) is 42.7 Å². The smallest absolute Gasteiger partial charge is 0.243 e. The van der Waals surface area contributed by atoms with Gasteiger partial charge in [-0.1, -0.05) is 51.0 Å². The van der Waals surface area contributed by atoms with Crippen molar-refractivity contribution in [3.8, 4) is 11.8 Å². The van der Waals surface area contributed by atoms with Crippen LogP contribution in [-0.4, -0.2) is 36.1 Å². The van der Waals surface area contributed by atoms with E-state index in [0.29, 0.717) is 23.6 Å². The van der Waals surface area contributed by atoms with E-state index in [-0.39, 0.29) is 5.91 Å². The van der Waals surface area contributed by atoms with Crippen molar-refractivity contribution in [1.29, 1.82) is 5.26 Å². The van der Waals surface area contributed by atoms with E-state index in [4.69, 9.17) is 14.7 Å². The van der Waals surface area contributed by atoms with E-state index in [2.05, 4.69) is 30.1 Å². The summed E-state index contributed by atoms with van der Waals surface area (Å²) < 4.78 is 5.18. The third-order valence-corrected chi connectivity index (χ3v) is 5.73. The fourth-order valence-corrected chi connectivity index (χ4v) is 3.73. The molecule has 1 atom stereocenters. The van der Waals surface area contributed by atoms with E-state index in [1.807, 2.05) is 48.5 Å². The summed E-state index contributed by atoms with van der Waals surface area (Å²) in [5.74, 6) is -0.0572. The number of fused-ring (bicyclic) bond motifs is 1. The van der Waals surface area contributed by atoms with E-state index in [1.165, 1.54) is 0 Å². The topological polar surface area (TPSA) is 91.1 Å². The summed E-state index contributed by atoms with van der Waals surface area (Å²) in [6.07, 6.45) is 4.09. The van der Waals surface area contributed by atoms with E-state index in [9.17, 15) is 10.1 Å². The molecule has 0 bridgehead atoms. The maximum Gasteiger partial charge on any atom is 0.243 e. The zero-order chi connectivity index (χ0) is 24.3. The van der Waals surface area contributed by atoms with Crippen LogP contribution in [0.2, 0.25) is 0 Å². The molecule has 0 unspecified atom stereocenters. The number of para-hydroxylation sites is 2. The second kappa shape index (κ2) is 12.5. The van der Waals surface area contributed by atoms with E-state index < -0.39 is 5.92 Å². The molecular weight excluding hydrogens is 426 g/mol. The largest absolute Gasteiger partial charge is 0.497 e. The van der Waals surface area contributed by atoms with Crippen LogP contribution in [0, 0.1) is 11.3 Å². The SMILES string of the molecule is CCCCN(CCCC)c1nc2ccccc2nc1[C@H](C#N)C(=O)NCc1ccc(OC)cc1. The molecule has 0 spiro atoms. The number of methoxy groups -OCH3 is 1. The molecule has 3 rings (SSSR count). The highest BCUT2D eigenvalue weighted by molar-refractivity contribution is 5.88. The van der Waals surface area contributed by atoms with Crippen molar-refractivity contribution in [2.75, 3.05) is 25.1 Å². The Kier molecular flexibility index (Phi) is 9.21. The zero-order valence-corrected chi connectivity index (χ0v) is 20.3. The van der Waals surface area contributed by atoms with Crippen LogP contribution in [-0.2, 0) is 11.3 Å². The summed E-state index contributed by atoms with van der Waals surface area (Å²) >= 11 is 0. The Morgan fingerprint density at radius 3 is 2.21 bits per heavy atom. The summed E-state index contributed by atoms with van der Waals surface area (Å²) in [4.78, 5) is 25.0. The molecule has 178 valence electrons. The Morgan fingerprint density at radius 2 is 1.65 bits per heavy atom. The summed E-state index contributed by atoms with van der Waals surface area (Å²) in [6.45, 7) is 6.22. The van der Waals surface area contributed by atoms with Crippen molar-refractivity contribution in [2.24, 2.45) is 0 Å². The normalized spacial score (nSPS) is 11.6. The predicted molar refractivity (Wildman–Crippen MR) is 135 cm³/mol. The lowest BCUT2D eigenvalue weighted by atomic mass is 10.0. The van der Waals surface area contributed by atoms with Crippen LogP contribution in [0.25, 0.3) is 11.0 Å². The Hall–Kier alpha value is -3.66. The average molecular weight is 460 g/mol. The molecule has 34 heavy (non-hydrogen) atoms. The molecule has 3 aromatic rings. The third-order valence-electron chi connectivity index (χ3n) is 5.73. The van der Waals surface area contributed by atoms with Crippen molar-refractivity contribution in [2.45, 2.75) is 52.0 Å². The number of hydrogen-bond donors (Lipinski definition) is 1. The fourth-order valence-electron chi connectivity index (χ4n) is 3.73. The number of unbranched alkanes of at least 4 members (excludes halogenated alkanes) is 2. The number of aromatic nitrogens is 2. The Balaban J connectivity index is 1.93. The molecule has 0 aliphatic rings. The lowest BCUT2D eigenvalue weighted by Gasteiger charge is -2.26. The number of benzene rings is 2. The number of ether oxygens (including phenoxy) is 1. The van der Waals surface area contributed by atoms with Gasteiger partial charge in [-0.2, -0.15) is 5.26 Å². The third kappa shape index (κ3) is 6.22. The first kappa shape index (κ1) is 25.0. The molecule has 0 radical (unpaired) electrons. The maximum absolute atomic E-state index is 13.2. The molecule has 0 aliphatic heterocycles. The number of rotatable bonds is 12. The Labute approximate surface area is 201 Å². The number of amides is 1. The number of nitriles is 1.